The summed E-state index contributed by atoms with van der Waals surface area (Å²) in [6.45, 7) is 10.0. The Kier molecular flexibility index (Phi) is 4.43. The summed E-state index contributed by atoms with van der Waals surface area (Å²) in [5, 5.41) is 20.8. The fourth-order valence-corrected chi connectivity index (χ4v) is 3.05. The summed E-state index contributed by atoms with van der Waals surface area (Å²) in [5.74, 6) is 0.382. The van der Waals surface area contributed by atoms with Crippen molar-refractivity contribution < 1.29 is 10.2 Å². The molecular weight excluding hydrogens is 212 g/mol. The van der Waals surface area contributed by atoms with Crippen LogP contribution in [0, 0.1) is 11.8 Å². The Morgan fingerprint density at radius 3 is 2.47 bits per heavy atom. The van der Waals surface area contributed by atoms with Gasteiger partial charge in [0.15, 0.2) is 0 Å². The van der Waals surface area contributed by atoms with Crippen molar-refractivity contribution in [1.82, 2.24) is 0 Å². The lowest BCUT2D eigenvalue weighted by molar-refractivity contribution is -0.0540. The van der Waals surface area contributed by atoms with Gasteiger partial charge in [-0.2, -0.15) is 0 Å². The molecule has 1 rings (SSSR count). The highest BCUT2D eigenvalue weighted by molar-refractivity contribution is 5.01. The maximum atomic E-state index is 10.6. The van der Waals surface area contributed by atoms with Crippen molar-refractivity contribution in [3.8, 4) is 0 Å². The zero-order valence-corrected chi connectivity index (χ0v) is 12.0. The van der Waals surface area contributed by atoms with Crippen molar-refractivity contribution in [3.63, 3.8) is 0 Å². The zero-order chi connectivity index (χ0) is 13.3. The molecule has 17 heavy (non-hydrogen) atoms. The average Bonchev–Trinajstić information content (AvgIpc) is 2.41. The fourth-order valence-electron chi connectivity index (χ4n) is 3.05. The van der Waals surface area contributed by atoms with Gasteiger partial charge in [0.1, 0.15) is 0 Å². The van der Waals surface area contributed by atoms with Gasteiger partial charge in [-0.15, -0.1) is 0 Å². The summed E-state index contributed by atoms with van der Waals surface area (Å²) >= 11 is 0. The largest absolute Gasteiger partial charge is 0.390 e. The van der Waals surface area contributed by atoms with Crippen LogP contribution in [0.3, 0.4) is 0 Å². The molecule has 0 aromatic carbocycles. The normalized spacial score (nSPS) is 36.6. The van der Waals surface area contributed by atoms with E-state index in [-0.39, 0.29) is 11.8 Å². The van der Waals surface area contributed by atoms with Crippen LogP contribution >= 0.6 is 0 Å². The van der Waals surface area contributed by atoms with Crippen LogP contribution in [-0.2, 0) is 0 Å². The number of allylic oxidation sites excluding steroid dienone is 2. The van der Waals surface area contributed by atoms with Gasteiger partial charge in [0.05, 0.1) is 11.2 Å². The molecule has 1 aliphatic carbocycles. The predicted molar refractivity (Wildman–Crippen MR) is 71.8 cm³/mol. The SMILES string of the molecule is CC(C)=CCC[C@@](C)(O)[C@@H]1CC[C@@](C)(O)[C@H]1C. The first kappa shape index (κ1) is 14.7. The van der Waals surface area contributed by atoms with E-state index < -0.39 is 11.2 Å². The molecule has 0 radical (unpaired) electrons. The molecule has 0 spiro atoms. The molecule has 0 heterocycles. The van der Waals surface area contributed by atoms with E-state index in [4.69, 9.17) is 0 Å². The second-order valence-corrected chi connectivity index (χ2v) is 6.47. The third-order valence-electron chi connectivity index (χ3n) is 4.55. The smallest absolute Gasteiger partial charge is 0.0654 e. The molecule has 2 N–H and O–H groups in total. The fraction of sp³-hybridized carbons (Fsp3) is 0.867. The van der Waals surface area contributed by atoms with E-state index in [0.717, 1.165) is 25.7 Å². The van der Waals surface area contributed by atoms with Crippen LogP contribution < -0.4 is 0 Å². The van der Waals surface area contributed by atoms with E-state index >= 15 is 0 Å². The Hall–Kier alpha value is -0.340. The summed E-state index contributed by atoms with van der Waals surface area (Å²) in [5.41, 5.74) is 0.0316. The Bertz CT molecular complexity index is 285. The molecule has 2 nitrogen and oxygen atoms in total. The van der Waals surface area contributed by atoms with Gasteiger partial charge in [-0.1, -0.05) is 18.6 Å². The van der Waals surface area contributed by atoms with Gasteiger partial charge in [-0.05, 0) is 65.2 Å². The Morgan fingerprint density at radius 2 is 2.06 bits per heavy atom. The third-order valence-corrected chi connectivity index (χ3v) is 4.55. The van der Waals surface area contributed by atoms with Crippen LogP contribution in [0.2, 0.25) is 0 Å². The maximum Gasteiger partial charge on any atom is 0.0654 e. The van der Waals surface area contributed by atoms with E-state index in [0.29, 0.717) is 0 Å². The molecule has 0 amide bonds. The minimum absolute atomic E-state index is 0.171. The highest BCUT2D eigenvalue weighted by atomic mass is 16.3. The highest BCUT2D eigenvalue weighted by Gasteiger charge is 2.47. The second kappa shape index (κ2) is 5.11. The van der Waals surface area contributed by atoms with E-state index in [1.54, 1.807) is 0 Å². The topological polar surface area (TPSA) is 40.5 Å². The van der Waals surface area contributed by atoms with Gasteiger partial charge in [0.2, 0.25) is 0 Å². The van der Waals surface area contributed by atoms with E-state index in [1.165, 1.54) is 5.57 Å². The quantitative estimate of drug-likeness (QED) is 0.740. The molecular formula is C15H28O2. The number of hydrogen-bond acceptors (Lipinski definition) is 2. The van der Waals surface area contributed by atoms with Gasteiger partial charge in [0.25, 0.3) is 0 Å². The van der Waals surface area contributed by atoms with E-state index in [9.17, 15) is 10.2 Å². The summed E-state index contributed by atoms with van der Waals surface area (Å²) in [7, 11) is 0. The molecule has 2 heteroatoms. The van der Waals surface area contributed by atoms with Gasteiger partial charge in [-0.25, -0.2) is 0 Å². The highest BCUT2D eigenvalue weighted by Crippen LogP contribution is 2.46. The Morgan fingerprint density at radius 1 is 1.47 bits per heavy atom. The van der Waals surface area contributed by atoms with Crippen LogP contribution in [0.15, 0.2) is 11.6 Å². The summed E-state index contributed by atoms with van der Waals surface area (Å²) in [6.07, 6.45) is 5.60. The van der Waals surface area contributed by atoms with Crippen molar-refractivity contribution in [2.75, 3.05) is 0 Å². The molecule has 0 bridgehead atoms. The molecule has 0 saturated heterocycles. The third kappa shape index (κ3) is 3.56. The number of aliphatic hydroxyl groups is 2. The van der Waals surface area contributed by atoms with E-state index in [1.807, 2.05) is 13.8 Å². The van der Waals surface area contributed by atoms with Gasteiger partial charge >= 0.3 is 0 Å². The van der Waals surface area contributed by atoms with Crippen LogP contribution in [0.25, 0.3) is 0 Å². The van der Waals surface area contributed by atoms with Gasteiger partial charge < -0.3 is 10.2 Å². The minimum atomic E-state index is -0.661. The van der Waals surface area contributed by atoms with E-state index in [2.05, 4.69) is 26.8 Å². The van der Waals surface area contributed by atoms with Crippen LogP contribution in [0.1, 0.15) is 60.3 Å². The van der Waals surface area contributed by atoms with Gasteiger partial charge in [-0.3, -0.25) is 0 Å². The predicted octanol–water partition coefficient (Wildman–Crippen LogP) is 3.28. The second-order valence-electron chi connectivity index (χ2n) is 6.47. The first-order valence-corrected chi connectivity index (χ1v) is 6.75. The van der Waals surface area contributed by atoms with Crippen molar-refractivity contribution in [2.24, 2.45) is 11.8 Å². The van der Waals surface area contributed by atoms with Gasteiger partial charge in [0, 0.05) is 0 Å². The minimum Gasteiger partial charge on any atom is -0.390 e. The lowest BCUT2D eigenvalue weighted by Gasteiger charge is -2.35. The van der Waals surface area contributed by atoms with Crippen LogP contribution in [-0.4, -0.2) is 21.4 Å². The summed E-state index contributed by atoms with van der Waals surface area (Å²) in [6, 6.07) is 0. The molecule has 1 saturated carbocycles. The molecule has 0 unspecified atom stereocenters. The summed E-state index contributed by atoms with van der Waals surface area (Å²) in [4.78, 5) is 0. The maximum absolute atomic E-state index is 10.6. The average molecular weight is 240 g/mol. The van der Waals surface area contributed by atoms with Crippen molar-refractivity contribution in [1.29, 1.82) is 0 Å². The first-order chi connectivity index (χ1) is 7.67. The molecule has 100 valence electrons. The number of rotatable bonds is 4. The zero-order valence-electron chi connectivity index (χ0n) is 12.0. The molecule has 4 atom stereocenters. The standard InChI is InChI=1S/C15H28O2/c1-11(2)7-6-9-15(5,17)13-8-10-14(4,16)12(13)3/h7,12-13,16-17H,6,8-10H2,1-5H3/t12-,13+,14+,15+/m0/s1. The van der Waals surface area contributed by atoms with Crippen molar-refractivity contribution in [3.05, 3.63) is 11.6 Å². The van der Waals surface area contributed by atoms with Crippen molar-refractivity contribution >= 4 is 0 Å². The molecule has 1 aliphatic rings. The Balaban J connectivity index is 2.62. The lowest BCUT2D eigenvalue weighted by Crippen LogP contribution is -2.40. The van der Waals surface area contributed by atoms with Crippen LogP contribution in [0.4, 0.5) is 0 Å². The lowest BCUT2D eigenvalue weighted by atomic mass is 9.76. The van der Waals surface area contributed by atoms with Crippen molar-refractivity contribution in [2.45, 2.75) is 71.5 Å². The van der Waals surface area contributed by atoms with Crippen LogP contribution in [0.5, 0.6) is 0 Å². The molecule has 0 aromatic heterocycles. The number of hydrogen-bond donors (Lipinski definition) is 2. The molecule has 0 aliphatic heterocycles. The Labute approximate surface area is 106 Å². The first-order valence-electron chi connectivity index (χ1n) is 6.75. The molecule has 0 aromatic rings. The molecule has 1 fully saturated rings. The monoisotopic (exact) mass is 240 g/mol. The summed E-state index contributed by atoms with van der Waals surface area (Å²) < 4.78 is 0.